The number of halogens is 3. The molecule has 30 heavy (non-hydrogen) atoms. The molecule has 0 bridgehead atoms. The summed E-state index contributed by atoms with van der Waals surface area (Å²) in [5.41, 5.74) is -0.744. The summed E-state index contributed by atoms with van der Waals surface area (Å²) in [5, 5.41) is 12.5. The summed E-state index contributed by atoms with van der Waals surface area (Å²) in [6.07, 6.45) is -4.73. The van der Waals surface area contributed by atoms with Crippen LogP contribution in [-0.4, -0.2) is 66.2 Å². The van der Waals surface area contributed by atoms with Crippen LogP contribution < -0.4 is 10.2 Å². The maximum atomic E-state index is 12.9. The number of aryl methyl sites for hydroxylation is 1. The topological polar surface area (TPSA) is 104 Å². The lowest BCUT2D eigenvalue weighted by Crippen LogP contribution is -2.55. The van der Waals surface area contributed by atoms with Crippen LogP contribution in [0.3, 0.4) is 0 Å². The van der Waals surface area contributed by atoms with Gasteiger partial charge in [0.1, 0.15) is 16.3 Å². The van der Waals surface area contributed by atoms with E-state index in [-0.39, 0.29) is 22.6 Å². The van der Waals surface area contributed by atoms with Gasteiger partial charge in [-0.05, 0) is 25.8 Å². The summed E-state index contributed by atoms with van der Waals surface area (Å²) in [6, 6.07) is -0.420. The molecule has 1 aromatic heterocycles. The molecule has 2 aliphatic rings. The Kier molecular flexibility index (Phi) is 6.18. The summed E-state index contributed by atoms with van der Waals surface area (Å²) < 4.78 is 44.3. The number of nitrogens with one attached hydrogen (secondary N) is 1. The van der Waals surface area contributed by atoms with Crippen LogP contribution in [0.15, 0.2) is 16.3 Å². The second-order valence-corrected chi connectivity index (χ2v) is 8.14. The minimum Gasteiger partial charge on any atom is -0.477 e. The molecule has 2 N–H and O–H groups in total. The second-order valence-electron chi connectivity index (χ2n) is 7.17. The molecule has 0 aliphatic carbocycles. The largest absolute Gasteiger partial charge is 0.477 e. The average molecular weight is 446 g/mol. The van der Waals surface area contributed by atoms with Crippen LogP contribution in [0, 0.1) is 6.92 Å². The van der Waals surface area contributed by atoms with E-state index in [2.05, 4.69) is 15.3 Å². The molecule has 2 atom stereocenters. The van der Waals surface area contributed by atoms with E-state index in [1.54, 1.807) is 6.92 Å². The lowest BCUT2D eigenvalue weighted by Gasteiger charge is -2.37. The molecule has 1 fully saturated rings. The molecule has 2 aliphatic heterocycles. The van der Waals surface area contributed by atoms with Gasteiger partial charge in [0.15, 0.2) is 5.13 Å². The number of aromatic nitrogens is 1. The van der Waals surface area contributed by atoms with Gasteiger partial charge in [-0.1, -0.05) is 11.3 Å². The number of rotatable bonds is 5. The lowest BCUT2D eigenvalue weighted by molar-refractivity contribution is -0.116. The molecule has 3 heterocycles. The first-order chi connectivity index (χ1) is 14.0. The third-order valence-electron chi connectivity index (χ3n) is 5.04. The number of carboxylic acids is 1. The van der Waals surface area contributed by atoms with Crippen molar-refractivity contribution < 1.29 is 32.6 Å². The Balaban J connectivity index is 1.66. The molecule has 12 heteroatoms. The van der Waals surface area contributed by atoms with Crippen LogP contribution >= 0.6 is 11.3 Å². The number of hydrogen-bond acceptors (Lipinski definition) is 7. The number of thiazole rings is 1. The van der Waals surface area contributed by atoms with Crippen LogP contribution in [0.4, 0.5) is 18.3 Å². The predicted octanol–water partition coefficient (Wildman–Crippen LogP) is 2.54. The second kappa shape index (κ2) is 8.34. The standard InChI is InChI=1S/C18H21F3N4O4S/c1-8-6-11(23-14(8)18(19,20)21)15(26)24-10-4-5-25(7-12(10)29-3)17-22-9(2)13(30-17)16(27)28/h10,12H,4-7H2,1-3H3,(H,24,26)(H,27,28)/t10-,12+/m1/s1. The van der Waals surface area contributed by atoms with E-state index in [0.717, 1.165) is 11.3 Å². The van der Waals surface area contributed by atoms with Gasteiger partial charge in [-0.15, -0.1) is 0 Å². The Hall–Kier alpha value is -2.47. The number of carbonyl (C=O) groups is 2. The van der Waals surface area contributed by atoms with Crippen LogP contribution in [-0.2, 0) is 9.53 Å². The van der Waals surface area contributed by atoms with Crippen LogP contribution in [0.1, 0.15) is 35.1 Å². The highest BCUT2D eigenvalue weighted by Crippen LogP contribution is 2.34. The quantitative estimate of drug-likeness (QED) is 0.721. The molecule has 164 valence electrons. The van der Waals surface area contributed by atoms with E-state index in [1.807, 2.05) is 4.90 Å². The maximum absolute atomic E-state index is 12.9. The number of amides is 1. The first-order valence-electron chi connectivity index (χ1n) is 9.15. The van der Waals surface area contributed by atoms with E-state index in [1.165, 1.54) is 14.0 Å². The van der Waals surface area contributed by atoms with Gasteiger partial charge in [-0.25, -0.2) is 14.8 Å². The molecule has 1 amide bonds. The van der Waals surface area contributed by atoms with E-state index in [9.17, 15) is 27.9 Å². The summed E-state index contributed by atoms with van der Waals surface area (Å²) in [4.78, 5) is 33.6. The fraction of sp³-hybridized carbons (Fsp3) is 0.556. The molecule has 0 aromatic carbocycles. The Labute approximate surface area is 174 Å². The molecule has 0 unspecified atom stereocenters. The monoisotopic (exact) mass is 446 g/mol. The Morgan fingerprint density at radius 1 is 1.33 bits per heavy atom. The maximum Gasteiger partial charge on any atom is 0.433 e. The number of carbonyl (C=O) groups excluding carboxylic acids is 1. The number of methoxy groups -OCH3 is 1. The molecule has 0 saturated carbocycles. The highest BCUT2D eigenvalue weighted by Gasteiger charge is 2.40. The van der Waals surface area contributed by atoms with Crippen molar-refractivity contribution in [2.45, 2.75) is 45.0 Å². The van der Waals surface area contributed by atoms with Gasteiger partial charge in [0.2, 0.25) is 0 Å². The Morgan fingerprint density at radius 3 is 2.57 bits per heavy atom. The number of ether oxygens (including phenoxy) is 1. The number of piperidine rings is 1. The smallest absolute Gasteiger partial charge is 0.433 e. The predicted molar refractivity (Wildman–Crippen MR) is 104 cm³/mol. The number of aromatic carboxylic acids is 1. The van der Waals surface area contributed by atoms with Crippen LogP contribution in [0.2, 0.25) is 0 Å². The molecule has 0 spiro atoms. The Bertz CT molecular complexity index is 925. The zero-order valence-electron chi connectivity index (χ0n) is 16.5. The van der Waals surface area contributed by atoms with Crippen molar-refractivity contribution in [3.05, 3.63) is 21.8 Å². The number of nitrogens with zero attached hydrogens (tertiary/aromatic N) is 3. The SMILES string of the molecule is CO[C@H]1CN(c2nc(C)c(C(=O)O)s2)CC[C@H]1NC(=O)C1=NC(C(F)(F)F)=C(C)C1. The van der Waals surface area contributed by atoms with Crippen LogP contribution in [0.5, 0.6) is 0 Å². The van der Waals surface area contributed by atoms with Gasteiger partial charge in [0.05, 0.1) is 17.8 Å². The van der Waals surface area contributed by atoms with Gasteiger partial charge in [-0.3, -0.25) is 4.79 Å². The molecular weight excluding hydrogens is 425 g/mol. The minimum atomic E-state index is -4.59. The average Bonchev–Trinajstić information content (AvgIpc) is 3.25. The zero-order chi connectivity index (χ0) is 22.2. The van der Waals surface area contributed by atoms with Gasteiger partial charge in [0.25, 0.3) is 5.91 Å². The highest BCUT2D eigenvalue weighted by molar-refractivity contribution is 7.17. The van der Waals surface area contributed by atoms with Crippen molar-refractivity contribution in [1.29, 1.82) is 0 Å². The molecule has 8 nitrogen and oxygen atoms in total. The fourth-order valence-electron chi connectivity index (χ4n) is 3.50. The fourth-order valence-corrected chi connectivity index (χ4v) is 4.44. The molecule has 0 radical (unpaired) electrons. The van der Waals surface area contributed by atoms with Crippen molar-refractivity contribution in [2.75, 3.05) is 25.1 Å². The number of carboxylic acid groups (broad SMARTS) is 1. The van der Waals surface area contributed by atoms with Crippen LogP contribution in [0.25, 0.3) is 0 Å². The van der Waals surface area contributed by atoms with Crippen molar-refractivity contribution in [3.8, 4) is 0 Å². The minimum absolute atomic E-state index is 0.0131. The normalized spacial score (nSPS) is 22.3. The Morgan fingerprint density at radius 2 is 2.03 bits per heavy atom. The number of hydrogen-bond donors (Lipinski definition) is 2. The van der Waals surface area contributed by atoms with Crippen molar-refractivity contribution in [1.82, 2.24) is 10.3 Å². The summed E-state index contributed by atoms with van der Waals surface area (Å²) in [6.45, 7) is 3.77. The third-order valence-corrected chi connectivity index (χ3v) is 6.25. The number of anilines is 1. The summed E-state index contributed by atoms with van der Waals surface area (Å²) in [5.74, 6) is -1.69. The van der Waals surface area contributed by atoms with Crippen molar-refractivity contribution in [3.63, 3.8) is 0 Å². The lowest BCUT2D eigenvalue weighted by atomic mass is 10.0. The van der Waals surface area contributed by atoms with E-state index in [4.69, 9.17) is 4.74 Å². The molecule has 3 rings (SSSR count). The third kappa shape index (κ3) is 4.48. The zero-order valence-corrected chi connectivity index (χ0v) is 17.4. The van der Waals surface area contributed by atoms with Gasteiger partial charge in [-0.2, -0.15) is 13.2 Å². The number of aliphatic imine (C=N–C) groups is 1. The van der Waals surface area contributed by atoms with Gasteiger partial charge in [0, 0.05) is 26.6 Å². The van der Waals surface area contributed by atoms with Gasteiger partial charge < -0.3 is 20.1 Å². The van der Waals surface area contributed by atoms with Gasteiger partial charge >= 0.3 is 12.1 Å². The van der Waals surface area contributed by atoms with E-state index < -0.39 is 35.9 Å². The van der Waals surface area contributed by atoms with Crippen molar-refractivity contribution in [2.24, 2.45) is 4.99 Å². The molecule has 1 saturated heterocycles. The molecular formula is C18H21F3N4O4S. The molecule has 1 aromatic rings. The summed E-state index contributed by atoms with van der Waals surface area (Å²) >= 11 is 1.07. The van der Waals surface area contributed by atoms with E-state index in [0.29, 0.717) is 30.3 Å². The first kappa shape index (κ1) is 22.2. The summed E-state index contributed by atoms with van der Waals surface area (Å²) in [7, 11) is 1.48. The van der Waals surface area contributed by atoms with E-state index >= 15 is 0 Å². The first-order valence-corrected chi connectivity index (χ1v) is 9.96. The van der Waals surface area contributed by atoms with Crippen molar-refractivity contribution >= 4 is 34.1 Å². The number of allylic oxidation sites excluding steroid dienone is 2. The number of alkyl halides is 3. The highest BCUT2D eigenvalue weighted by atomic mass is 32.1.